The van der Waals surface area contributed by atoms with Crippen LogP contribution >= 0.6 is 0 Å². The van der Waals surface area contributed by atoms with E-state index in [0.717, 1.165) is 19.4 Å². The average molecular weight is 280 g/mol. The van der Waals surface area contributed by atoms with Gasteiger partial charge in [0.05, 0.1) is 11.0 Å². The molecule has 0 aromatic carbocycles. The molecule has 1 fully saturated rings. The van der Waals surface area contributed by atoms with E-state index in [9.17, 15) is 14.9 Å². The van der Waals surface area contributed by atoms with Crippen molar-refractivity contribution in [2.24, 2.45) is 0 Å². The van der Waals surface area contributed by atoms with Crippen LogP contribution < -0.4 is 4.90 Å². The van der Waals surface area contributed by atoms with E-state index in [-0.39, 0.29) is 11.7 Å². The van der Waals surface area contributed by atoms with Gasteiger partial charge in [-0.15, -0.1) is 0 Å². The molecule has 108 valence electrons. The predicted molar refractivity (Wildman–Crippen MR) is 71.9 cm³/mol. The minimum absolute atomic E-state index is 0.0510. The van der Waals surface area contributed by atoms with Crippen molar-refractivity contribution in [3.05, 3.63) is 28.4 Å². The number of hydrogen-bond acceptors (Lipinski definition) is 5. The summed E-state index contributed by atoms with van der Waals surface area (Å²) in [6, 6.07) is 2.92. The summed E-state index contributed by atoms with van der Waals surface area (Å²) in [7, 11) is 1.56. The van der Waals surface area contributed by atoms with E-state index in [0.29, 0.717) is 12.4 Å². The second-order valence-corrected chi connectivity index (χ2v) is 4.77. The number of carboxylic acid groups (broad SMARTS) is 1. The number of likely N-dealkylation sites (N-methyl/N-ethyl adjacent to an activating group) is 1. The first-order chi connectivity index (χ1) is 9.49. The number of anilines is 1. The van der Waals surface area contributed by atoms with Crippen molar-refractivity contribution in [1.82, 2.24) is 9.88 Å². The van der Waals surface area contributed by atoms with Crippen LogP contribution in [0, 0.1) is 10.1 Å². The Morgan fingerprint density at radius 2 is 2.35 bits per heavy atom. The van der Waals surface area contributed by atoms with Crippen LogP contribution in [0.1, 0.15) is 12.8 Å². The zero-order valence-electron chi connectivity index (χ0n) is 11.1. The number of hydrogen-bond donors (Lipinski definition) is 1. The molecule has 0 bridgehead atoms. The van der Waals surface area contributed by atoms with Gasteiger partial charge in [-0.3, -0.25) is 10.1 Å². The summed E-state index contributed by atoms with van der Waals surface area (Å²) in [5, 5.41) is 19.6. The first-order valence-corrected chi connectivity index (χ1v) is 6.30. The Kier molecular flexibility index (Phi) is 4.02. The minimum Gasteiger partial charge on any atom is -0.465 e. The second kappa shape index (κ2) is 5.72. The van der Waals surface area contributed by atoms with Crippen LogP contribution in [0.25, 0.3) is 0 Å². The largest absolute Gasteiger partial charge is 0.465 e. The molecule has 1 saturated heterocycles. The van der Waals surface area contributed by atoms with Crippen LogP contribution in [0.5, 0.6) is 0 Å². The molecule has 1 aromatic heterocycles. The second-order valence-electron chi connectivity index (χ2n) is 4.77. The van der Waals surface area contributed by atoms with E-state index in [1.54, 1.807) is 13.1 Å². The van der Waals surface area contributed by atoms with Gasteiger partial charge >= 0.3 is 6.09 Å². The highest BCUT2D eigenvalue weighted by Crippen LogP contribution is 2.22. The van der Waals surface area contributed by atoms with E-state index in [4.69, 9.17) is 5.11 Å². The first-order valence-electron chi connectivity index (χ1n) is 6.30. The van der Waals surface area contributed by atoms with Gasteiger partial charge in [-0.2, -0.15) is 0 Å². The zero-order chi connectivity index (χ0) is 14.7. The lowest BCUT2D eigenvalue weighted by molar-refractivity contribution is -0.385. The standard InChI is InChI=1S/C12H16N4O4/c1-14(12(17)18)10-3-2-6-15(8-10)11-5-4-9(7-13-11)16(19)20/h4-5,7,10H,2-3,6,8H2,1H3,(H,17,18). The van der Waals surface area contributed by atoms with Crippen LogP contribution in [-0.2, 0) is 0 Å². The van der Waals surface area contributed by atoms with Gasteiger partial charge in [-0.05, 0) is 18.9 Å². The highest BCUT2D eigenvalue weighted by atomic mass is 16.6. The van der Waals surface area contributed by atoms with Crippen LogP contribution in [-0.4, -0.2) is 52.2 Å². The third-order valence-corrected chi connectivity index (χ3v) is 3.51. The van der Waals surface area contributed by atoms with Gasteiger partial charge in [0.25, 0.3) is 5.69 Å². The Labute approximate surface area is 115 Å². The molecule has 1 amide bonds. The topological polar surface area (TPSA) is 99.8 Å². The van der Waals surface area contributed by atoms with Crippen LogP contribution in [0.15, 0.2) is 18.3 Å². The monoisotopic (exact) mass is 280 g/mol. The van der Waals surface area contributed by atoms with Gasteiger partial charge in [-0.25, -0.2) is 9.78 Å². The Morgan fingerprint density at radius 3 is 2.90 bits per heavy atom. The lowest BCUT2D eigenvalue weighted by Crippen LogP contribution is -2.48. The number of pyridine rings is 1. The molecule has 1 aliphatic heterocycles. The number of nitro groups is 1. The molecule has 0 radical (unpaired) electrons. The molecule has 8 heteroatoms. The number of aromatic nitrogens is 1. The zero-order valence-corrected chi connectivity index (χ0v) is 11.1. The fourth-order valence-corrected chi connectivity index (χ4v) is 2.31. The van der Waals surface area contributed by atoms with Crippen LogP contribution in [0.2, 0.25) is 0 Å². The van der Waals surface area contributed by atoms with E-state index in [1.165, 1.54) is 17.2 Å². The van der Waals surface area contributed by atoms with Gasteiger partial charge < -0.3 is 14.9 Å². The van der Waals surface area contributed by atoms with E-state index < -0.39 is 11.0 Å². The van der Waals surface area contributed by atoms with Crippen LogP contribution in [0.4, 0.5) is 16.3 Å². The molecule has 0 spiro atoms. The van der Waals surface area contributed by atoms with Crippen molar-refractivity contribution in [1.29, 1.82) is 0 Å². The molecule has 0 saturated carbocycles. The quantitative estimate of drug-likeness (QED) is 0.666. The summed E-state index contributed by atoms with van der Waals surface area (Å²) in [5.74, 6) is 0.638. The highest BCUT2D eigenvalue weighted by Gasteiger charge is 2.26. The number of amides is 1. The lowest BCUT2D eigenvalue weighted by atomic mass is 10.0. The van der Waals surface area contributed by atoms with Gasteiger partial charge in [0, 0.05) is 26.2 Å². The summed E-state index contributed by atoms with van der Waals surface area (Å²) in [6.07, 6.45) is 1.95. The van der Waals surface area contributed by atoms with Gasteiger partial charge in [0.15, 0.2) is 0 Å². The van der Waals surface area contributed by atoms with E-state index in [1.807, 2.05) is 4.90 Å². The average Bonchev–Trinajstić information content (AvgIpc) is 2.46. The van der Waals surface area contributed by atoms with Crippen molar-refractivity contribution < 1.29 is 14.8 Å². The van der Waals surface area contributed by atoms with Crippen molar-refractivity contribution in [2.45, 2.75) is 18.9 Å². The van der Waals surface area contributed by atoms with Crippen molar-refractivity contribution in [2.75, 3.05) is 25.0 Å². The molecular weight excluding hydrogens is 264 g/mol. The Morgan fingerprint density at radius 1 is 1.60 bits per heavy atom. The Hall–Kier alpha value is -2.38. The van der Waals surface area contributed by atoms with Gasteiger partial charge in [0.2, 0.25) is 0 Å². The van der Waals surface area contributed by atoms with Crippen molar-refractivity contribution in [3.63, 3.8) is 0 Å². The molecule has 1 aromatic rings. The molecule has 1 unspecified atom stereocenters. The van der Waals surface area contributed by atoms with Crippen LogP contribution in [0.3, 0.4) is 0 Å². The molecule has 1 N–H and O–H groups in total. The molecular formula is C12H16N4O4. The number of rotatable bonds is 3. The summed E-state index contributed by atoms with van der Waals surface area (Å²) in [6.45, 7) is 1.32. The van der Waals surface area contributed by atoms with Gasteiger partial charge in [0.1, 0.15) is 12.0 Å². The molecule has 20 heavy (non-hydrogen) atoms. The Balaban J connectivity index is 2.08. The van der Waals surface area contributed by atoms with E-state index >= 15 is 0 Å². The summed E-state index contributed by atoms with van der Waals surface area (Å²) < 4.78 is 0. The normalized spacial score (nSPS) is 18.6. The maximum Gasteiger partial charge on any atom is 0.407 e. The minimum atomic E-state index is -0.950. The smallest absolute Gasteiger partial charge is 0.407 e. The highest BCUT2D eigenvalue weighted by molar-refractivity contribution is 5.65. The fourth-order valence-electron chi connectivity index (χ4n) is 2.31. The summed E-state index contributed by atoms with van der Waals surface area (Å²) in [4.78, 5) is 28.4. The predicted octanol–water partition coefficient (Wildman–Crippen LogP) is 1.57. The number of piperidine rings is 1. The number of nitrogens with zero attached hydrogens (tertiary/aromatic N) is 4. The molecule has 2 heterocycles. The van der Waals surface area contributed by atoms with Gasteiger partial charge in [-0.1, -0.05) is 0 Å². The molecule has 8 nitrogen and oxygen atoms in total. The van der Waals surface area contributed by atoms with Crippen molar-refractivity contribution >= 4 is 17.6 Å². The SMILES string of the molecule is CN(C(=O)O)C1CCCN(c2ccc([N+](=O)[O-])cn2)C1. The maximum absolute atomic E-state index is 11.0. The third-order valence-electron chi connectivity index (χ3n) is 3.51. The first kappa shape index (κ1) is 14.0. The third kappa shape index (κ3) is 2.95. The van der Waals surface area contributed by atoms with Crippen molar-refractivity contribution in [3.8, 4) is 0 Å². The summed E-state index contributed by atoms with van der Waals surface area (Å²) >= 11 is 0. The molecule has 2 rings (SSSR count). The molecule has 1 atom stereocenters. The Bertz CT molecular complexity index is 505. The molecule has 0 aliphatic carbocycles. The lowest BCUT2D eigenvalue weighted by Gasteiger charge is -2.37. The number of carbonyl (C=O) groups is 1. The summed E-state index contributed by atoms with van der Waals surface area (Å²) in [5.41, 5.74) is -0.0510. The van der Waals surface area contributed by atoms with E-state index in [2.05, 4.69) is 4.98 Å². The fraction of sp³-hybridized carbons (Fsp3) is 0.500. The molecule has 1 aliphatic rings. The maximum atomic E-state index is 11.0.